The molecule has 0 spiro atoms. The molecule has 2 aromatic rings. The molecule has 2 saturated carbocycles. The van der Waals surface area contributed by atoms with Crippen LogP contribution < -0.4 is 20.1 Å². The average molecular weight is 526 g/mol. The summed E-state index contributed by atoms with van der Waals surface area (Å²) in [5.41, 5.74) is 3.15. The van der Waals surface area contributed by atoms with Gasteiger partial charge in [-0.25, -0.2) is 4.79 Å². The number of anilines is 1. The number of methoxy groups -OCH3 is 2. The van der Waals surface area contributed by atoms with E-state index in [1.807, 2.05) is 25.1 Å². The number of hydrogen-bond donors (Lipinski definition) is 2. The van der Waals surface area contributed by atoms with Gasteiger partial charge in [0.1, 0.15) is 0 Å². The van der Waals surface area contributed by atoms with E-state index in [1.54, 1.807) is 20.3 Å². The van der Waals surface area contributed by atoms with Crippen LogP contribution in [-0.4, -0.2) is 49.8 Å². The van der Waals surface area contributed by atoms with Gasteiger partial charge in [0.2, 0.25) is 0 Å². The minimum absolute atomic E-state index is 0.0647. The standard InChI is InChI=1S/C30H40ClN3O3/c1-20-9-11-22(31)18-25(20)33-29(35)32-23-13-14-30(21-10-12-26(36-2)27(17-21)37-3)15-16-34(28(30)19-23)24-7-5-4-6-8-24/h9-12,17-18,23-24,28H,4-8,13-16,19H2,1-3H3,(H2,32,33,35)/t23-,28+,30-/m0/s1. The van der Waals surface area contributed by atoms with E-state index >= 15 is 0 Å². The molecule has 3 fully saturated rings. The summed E-state index contributed by atoms with van der Waals surface area (Å²) in [5.74, 6) is 1.56. The highest BCUT2D eigenvalue weighted by Gasteiger charge is 2.53. The van der Waals surface area contributed by atoms with Crippen LogP contribution in [0.4, 0.5) is 10.5 Å². The predicted octanol–water partition coefficient (Wildman–Crippen LogP) is 6.68. The number of urea groups is 1. The van der Waals surface area contributed by atoms with Gasteiger partial charge in [0.05, 0.1) is 14.2 Å². The van der Waals surface area contributed by atoms with E-state index in [0.717, 1.165) is 55.0 Å². The second kappa shape index (κ2) is 11.1. The number of aryl methyl sites for hydroxylation is 1. The molecule has 2 N–H and O–H groups in total. The first-order chi connectivity index (χ1) is 17.9. The third kappa shape index (κ3) is 5.28. The van der Waals surface area contributed by atoms with E-state index in [-0.39, 0.29) is 17.5 Å². The maximum Gasteiger partial charge on any atom is 0.319 e. The van der Waals surface area contributed by atoms with Crippen molar-refractivity contribution in [2.75, 3.05) is 26.1 Å². The number of benzene rings is 2. The van der Waals surface area contributed by atoms with Gasteiger partial charge in [-0.05, 0) is 87.4 Å². The Morgan fingerprint density at radius 1 is 1.00 bits per heavy atom. The van der Waals surface area contributed by atoms with E-state index in [9.17, 15) is 4.79 Å². The Morgan fingerprint density at radius 3 is 2.54 bits per heavy atom. The van der Waals surface area contributed by atoms with E-state index < -0.39 is 0 Å². The minimum Gasteiger partial charge on any atom is -0.493 e. The van der Waals surface area contributed by atoms with Gasteiger partial charge in [-0.1, -0.05) is 43.0 Å². The lowest BCUT2D eigenvalue weighted by atomic mass is 9.64. The van der Waals surface area contributed by atoms with Crippen molar-refractivity contribution in [3.63, 3.8) is 0 Å². The SMILES string of the molecule is COc1ccc([C@@]23CC[C@H](NC(=O)Nc4cc(Cl)ccc4C)C[C@H]2N(C2CCCCC2)CC3)cc1OC. The molecule has 5 rings (SSSR count). The number of carbonyl (C=O) groups is 1. The zero-order valence-electron chi connectivity index (χ0n) is 22.3. The van der Waals surface area contributed by atoms with Crippen LogP contribution in [0, 0.1) is 6.92 Å². The highest BCUT2D eigenvalue weighted by molar-refractivity contribution is 6.31. The van der Waals surface area contributed by atoms with Gasteiger partial charge in [0.15, 0.2) is 11.5 Å². The lowest BCUT2D eigenvalue weighted by Crippen LogP contribution is -2.55. The molecule has 2 amide bonds. The fourth-order valence-electron chi connectivity index (χ4n) is 7.12. The number of rotatable bonds is 6. The van der Waals surface area contributed by atoms with Crippen LogP contribution in [0.5, 0.6) is 11.5 Å². The number of likely N-dealkylation sites (tertiary alicyclic amines) is 1. The largest absolute Gasteiger partial charge is 0.493 e. The second-order valence-corrected chi connectivity index (χ2v) is 11.5. The highest BCUT2D eigenvalue weighted by atomic mass is 35.5. The first-order valence-electron chi connectivity index (χ1n) is 13.8. The molecule has 2 aliphatic carbocycles. The number of amides is 2. The van der Waals surface area contributed by atoms with Crippen LogP contribution in [0.3, 0.4) is 0 Å². The topological polar surface area (TPSA) is 62.8 Å². The van der Waals surface area contributed by atoms with Gasteiger partial charge in [-0.2, -0.15) is 0 Å². The second-order valence-electron chi connectivity index (χ2n) is 11.1. The summed E-state index contributed by atoms with van der Waals surface area (Å²) in [6.45, 7) is 3.09. The summed E-state index contributed by atoms with van der Waals surface area (Å²) in [6, 6.07) is 13.1. The van der Waals surface area contributed by atoms with Crippen molar-refractivity contribution < 1.29 is 14.3 Å². The van der Waals surface area contributed by atoms with E-state index in [2.05, 4.69) is 27.7 Å². The van der Waals surface area contributed by atoms with Crippen molar-refractivity contribution in [3.05, 3.63) is 52.5 Å². The lowest BCUT2D eigenvalue weighted by molar-refractivity contribution is 0.0825. The van der Waals surface area contributed by atoms with Crippen molar-refractivity contribution in [1.82, 2.24) is 10.2 Å². The minimum atomic E-state index is -0.156. The number of fused-ring (bicyclic) bond motifs is 1. The van der Waals surface area contributed by atoms with E-state index in [0.29, 0.717) is 17.1 Å². The van der Waals surface area contributed by atoms with Crippen molar-refractivity contribution in [1.29, 1.82) is 0 Å². The fourth-order valence-corrected chi connectivity index (χ4v) is 7.29. The molecule has 1 aliphatic heterocycles. The van der Waals surface area contributed by atoms with Crippen molar-refractivity contribution in [2.45, 2.75) is 88.3 Å². The molecule has 200 valence electrons. The molecule has 1 heterocycles. The normalized spacial score (nSPS) is 26.4. The smallest absolute Gasteiger partial charge is 0.319 e. The summed E-state index contributed by atoms with van der Waals surface area (Å²) in [4.78, 5) is 15.8. The Hall–Kier alpha value is -2.44. The van der Waals surface area contributed by atoms with Crippen molar-refractivity contribution in [3.8, 4) is 11.5 Å². The maximum absolute atomic E-state index is 13.0. The first-order valence-corrected chi connectivity index (χ1v) is 14.1. The monoisotopic (exact) mass is 525 g/mol. The Kier molecular flexibility index (Phi) is 7.87. The quantitative estimate of drug-likeness (QED) is 0.441. The predicted molar refractivity (Wildman–Crippen MR) is 149 cm³/mol. The molecule has 3 atom stereocenters. The molecule has 0 unspecified atom stereocenters. The molecule has 2 aromatic carbocycles. The van der Waals surface area contributed by atoms with Crippen LogP contribution in [0.15, 0.2) is 36.4 Å². The Morgan fingerprint density at radius 2 is 1.78 bits per heavy atom. The number of nitrogens with one attached hydrogen (secondary N) is 2. The molecule has 0 bridgehead atoms. The summed E-state index contributed by atoms with van der Waals surface area (Å²) < 4.78 is 11.2. The average Bonchev–Trinajstić information content (AvgIpc) is 3.30. The maximum atomic E-state index is 13.0. The van der Waals surface area contributed by atoms with E-state index in [1.165, 1.54) is 37.7 Å². The van der Waals surface area contributed by atoms with Gasteiger partial charge in [-0.3, -0.25) is 4.90 Å². The third-order valence-corrected chi connectivity index (χ3v) is 9.32. The summed E-state index contributed by atoms with van der Waals surface area (Å²) in [5, 5.41) is 6.94. The van der Waals surface area contributed by atoms with Gasteiger partial charge in [0.25, 0.3) is 0 Å². The number of carbonyl (C=O) groups excluding carboxylic acids is 1. The fraction of sp³-hybridized carbons (Fsp3) is 0.567. The molecular weight excluding hydrogens is 486 g/mol. The summed E-state index contributed by atoms with van der Waals surface area (Å²) >= 11 is 6.16. The Labute approximate surface area is 226 Å². The van der Waals surface area contributed by atoms with Gasteiger partial charge >= 0.3 is 6.03 Å². The molecule has 0 radical (unpaired) electrons. The van der Waals surface area contributed by atoms with Crippen molar-refractivity contribution >= 4 is 23.3 Å². The number of nitrogens with zero attached hydrogens (tertiary/aromatic N) is 1. The molecule has 6 nitrogen and oxygen atoms in total. The molecule has 1 saturated heterocycles. The third-order valence-electron chi connectivity index (χ3n) is 9.09. The number of hydrogen-bond acceptors (Lipinski definition) is 4. The Balaban J connectivity index is 1.38. The zero-order chi connectivity index (χ0) is 26.0. The van der Waals surface area contributed by atoms with Crippen LogP contribution in [0.2, 0.25) is 5.02 Å². The lowest BCUT2D eigenvalue weighted by Gasteiger charge is -2.47. The van der Waals surface area contributed by atoms with Crippen molar-refractivity contribution in [2.24, 2.45) is 0 Å². The summed E-state index contributed by atoms with van der Waals surface area (Å²) in [7, 11) is 3.40. The molecule has 37 heavy (non-hydrogen) atoms. The summed E-state index contributed by atoms with van der Waals surface area (Å²) in [6.07, 6.45) is 10.6. The number of ether oxygens (including phenoxy) is 2. The first kappa shape index (κ1) is 26.2. The van der Waals surface area contributed by atoms with E-state index in [4.69, 9.17) is 21.1 Å². The van der Waals surface area contributed by atoms with Crippen LogP contribution in [0.1, 0.15) is 68.9 Å². The van der Waals surface area contributed by atoms with Crippen LogP contribution in [0.25, 0.3) is 0 Å². The van der Waals surface area contributed by atoms with Crippen LogP contribution >= 0.6 is 11.6 Å². The van der Waals surface area contributed by atoms with Crippen LogP contribution in [-0.2, 0) is 5.41 Å². The molecule has 0 aromatic heterocycles. The van der Waals surface area contributed by atoms with Gasteiger partial charge in [0, 0.05) is 34.3 Å². The molecule has 7 heteroatoms. The molecule has 3 aliphatic rings. The molecular formula is C30H40ClN3O3. The Bertz CT molecular complexity index is 1120. The van der Waals surface area contributed by atoms with Gasteiger partial charge < -0.3 is 20.1 Å². The number of halogens is 1. The highest BCUT2D eigenvalue weighted by Crippen LogP contribution is 2.51. The zero-order valence-corrected chi connectivity index (χ0v) is 23.1. The van der Waals surface area contributed by atoms with Gasteiger partial charge in [-0.15, -0.1) is 0 Å².